The minimum absolute atomic E-state index is 0.0379. The third-order valence-corrected chi connectivity index (χ3v) is 4.32. The summed E-state index contributed by atoms with van der Waals surface area (Å²) in [7, 11) is 0. The Morgan fingerprint density at radius 3 is 2.33 bits per heavy atom. The first-order valence-corrected chi connectivity index (χ1v) is 8.51. The lowest BCUT2D eigenvalue weighted by molar-refractivity contribution is 0.582. The Morgan fingerprint density at radius 1 is 1.10 bits per heavy atom. The molecule has 0 bridgehead atoms. The Kier molecular flexibility index (Phi) is 5.83. The molecule has 1 nitrogen and oxygen atoms in total. The molecule has 0 heterocycles. The smallest absolute Gasteiger partial charge is 0.126 e. The lowest BCUT2D eigenvalue weighted by Gasteiger charge is -2.20. The van der Waals surface area contributed by atoms with Crippen LogP contribution in [0.2, 0.25) is 0 Å². The van der Waals surface area contributed by atoms with Gasteiger partial charge in [0.05, 0.1) is 6.04 Å². The molecule has 0 aromatic heterocycles. The monoisotopic (exact) mass is 303 g/mol. The van der Waals surface area contributed by atoms with E-state index in [-0.39, 0.29) is 11.9 Å². The van der Waals surface area contributed by atoms with Crippen LogP contribution in [-0.4, -0.2) is 12.8 Å². The quantitative estimate of drug-likeness (QED) is 0.758. The predicted molar refractivity (Wildman–Crippen MR) is 89.5 cm³/mol. The zero-order chi connectivity index (χ0) is 15.2. The summed E-state index contributed by atoms with van der Waals surface area (Å²) in [5.41, 5.74) is 2.83. The van der Waals surface area contributed by atoms with Gasteiger partial charge in [-0.2, -0.15) is 0 Å². The van der Waals surface area contributed by atoms with Crippen LogP contribution in [0.4, 0.5) is 4.39 Å². The van der Waals surface area contributed by atoms with Crippen LogP contribution in [0.15, 0.2) is 47.4 Å². The van der Waals surface area contributed by atoms with Crippen molar-refractivity contribution in [2.75, 3.05) is 12.8 Å². The molecule has 0 radical (unpaired) electrons. The number of hydrogen-bond acceptors (Lipinski definition) is 2. The molecule has 2 aromatic rings. The highest BCUT2D eigenvalue weighted by atomic mass is 32.2. The molecular formula is C18H22FNS. The van der Waals surface area contributed by atoms with Crippen molar-refractivity contribution in [1.29, 1.82) is 0 Å². The number of aryl methyl sites for hydroxylation is 1. The minimum Gasteiger partial charge on any atom is -0.306 e. The van der Waals surface area contributed by atoms with Crippen LogP contribution < -0.4 is 5.32 Å². The van der Waals surface area contributed by atoms with Crippen molar-refractivity contribution in [3.63, 3.8) is 0 Å². The zero-order valence-electron chi connectivity index (χ0n) is 12.8. The molecule has 3 heteroatoms. The summed E-state index contributed by atoms with van der Waals surface area (Å²) >= 11 is 1.73. The van der Waals surface area contributed by atoms with Crippen molar-refractivity contribution in [3.05, 3.63) is 65.0 Å². The fraction of sp³-hybridized carbons (Fsp3) is 0.333. The molecule has 21 heavy (non-hydrogen) atoms. The maximum atomic E-state index is 13.9. The molecule has 1 atom stereocenters. The third-order valence-electron chi connectivity index (χ3n) is 3.58. The van der Waals surface area contributed by atoms with Crippen molar-refractivity contribution in [2.45, 2.75) is 31.2 Å². The van der Waals surface area contributed by atoms with Crippen molar-refractivity contribution in [2.24, 2.45) is 0 Å². The lowest BCUT2D eigenvalue weighted by atomic mass is 9.97. The highest BCUT2D eigenvalue weighted by Crippen LogP contribution is 2.26. The van der Waals surface area contributed by atoms with Crippen molar-refractivity contribution < 1.29 is 4.39 Å². The van der Waals surface area contributed by atoms with Crippen molar-refractivity contribution in [3.8, 4) is 0 Å². The van der Waals surface area contributed by atoms with Gasteiger partial charge in [-0.25, -0.2) is 4.39 Å². The van der Waals surface area contributed by atoms with Gasteiger partial charge in [0.25, 0.3) is 0 Å². The van der Waals surface area contributed by atoms with E-state index in [9.17, 15) is 4.39 Å². The molecule has 2 aromatic carbocycles. The van der Waals surface area contributed by atoms with Crippen LogP contribution in [0.5, 0.6) is 0 Å². The average molecular weight is 303 g/mol. The Balaban J connectivity index is 2.33. The highest BCUT2D eigenvalue weighted by Gasteiger charge is 2.14. The second kappa shape index (κ2) is 7.62. The van der Waals surface area contributed by atoms with Crippen LogP contribution in [-0.2, 0) is 0 Å². The second-order valence-corrected chi connectivity index (χ2v) is 6.05. The number of rotatable bonds is 6. The van der Waals surface area contributed by atoms with Crippen LogP contribution >= 0.6 is 11.8 Å². The van der Waals surface area contributed by atoms with E-state index >= 15 is 0 Å². The molecule has 0 saturated carbocycles. The summed E-state index contributed by atoms with van der Waals surface area (Å²) in [6, 6.07) is 14.0. The summed E-state index contributed by atoms with van der Waals surface area (Å²) in [5.74, 6) is -0.142. The van der Waals surface area contributed by atoms with Crippen LogP contribution in [0, 0.1) is 12.7 Å². The number of halogens is 1. The summed E-state index contributed by atoms with van der Waals surface area (Å²) in [5, 5.41) is 3.51. The number of hydrogen-bond donors (Lipinski definition) is 1. The summed E-state index contributed by atoms with van der Waals surface area (Å²) in [6.07, 6.45) is 3.12. The predicted octanol–water partition coefficient (Wildman–Crippen LogP) is 4.95. The largest absolute Gasteiger partial charge is 0.306 e. The summed E-state index contributed by atoms with van der Waals surface area (Å²) < 4.78 is 13.9. The molecule has 1 N–H and O–H groups in total. The van der Waals surface area contributed by atoms with Gasteiger partial charge in [-0.3, -0.25) is 0 Å². The molecule has 0 aliphatic heterocycles. The van der Waals surface area contributed by atoms with E-state index in [1.807, 2.05) is 12.1 Å². The second-order valence-electron chi connectivity index (χ2n) is 5.17. The zero-order valence-corrected chi connectivity index (χ0v) is 13.6. The van der Waals surface area contributed by atoms with Gasteiger partial charge in [-0.1, -0.05) is 31.2 Å². The maximum Gasteiger partial charge on any atom is 0.126 e. The van der Waals surface area contributed by atoms with Gasteiger partial charge in [0.1, 0.15) is 5.82 Å². The molecule has 0 amide bonds. The number of thioether (sulfide) groups is 1. The van der Waals surface area contributed by atoms with E-state index in [4.69, 9.17) is 0 Å². The Hall–Kier alpha value is -1.32. The average Bonchev–Trinajstić information content (AvgIpc) is 2.51. The van der Waals surface area contributed by atoms with Gasteiger partial charge in [0.2, 0.25) is 0 Å². The van der Waals surface area contributed by atoms with E-state index in [2.05, 4.69) is 42.8 Å². The van der Waals surface area contributed by atoms with E-state index in [0.29, 0.717) is 5.56 Å². The Labute approximate surface area is 131 Å². The normalized spacial score (nSPS) is 12.4. The first kappa shape index (κ1) is 16.1. The molecular weight excluding hydrogens is 281 g/mol. The van der Waals surface area contributed by atoms with Gasteiger partial charge in [-0.05, 0) is 61.0 Å². The molecule has 0 aliphatic rings. The molecule has 0 aliphatic carbocycles. The third kappa shape index (κ3) is 4.08. The standard InChI is InChI=1S/C18H22FNS/c1-4-11-20-18(14-7-9-16(21-3)10-8-14)15-6-5-13(2)17(19)12-15/h5-10,12,18,20H,4,11H2,1-3H3. The number of benzene rings is 2. The summed E-state index contributed by atoms with van der Waals surface area (Å²) in [6.45, 7) is 4.84. The SMILES string of the molecule is CCCNC(c1ccc(SC)cc1)c1ccc(C)c(F)c1. The Bertz CT molecular complexity index is 580. The van der Waals surface area contributed by atoms with Crippen LogP contribution in [0.3, 0.4) is 0 Å². The number of nitrogens with one attached hydrogen (secondary N) is 1. The minimum atomic E-state index is -0.142. The molecule has 0 fully saturated rings. The molecule has 112 valence electrons. The van der Waals surface area contributed by atoms with Crippen molar-refractivity contribution in [1.82, 2.24) is 5.32 Å². The van der Waals surface area contributed by atoms with E-state index in [0.717, 1.165) is 18.5 Å². The topological polar surface area (TPSA) is 12.0 Å². The van der Waals surface area contributed by atoms with Crippen LogP contribution in [0.1, 0.15) is 36.1 Å². The van der Waals surface area contributed by atoms with Gasteiger partial charge < -0.3 is 5.32 Å². The van der Waals surface area contributed by atoms with Crippen molar-refractivity contribution >= 4 is 11.8 Å². The lowest BCUT2D eigenvalue weighted by Crippen LogP contribution is -2.23. The van der Waals surface area contributed by atoms with Gasteiger partial charge >= 0.3 is 0 Å². The van der Waals surface area contributed by atoms with E-state index in [1.54, 1.807) is 24.8 Å². The fourth-order valence-electron chi connectivity index (χ4n) is 2.30. The van der Waals surface area contributed by atoms with Gasteiger partial charge in [-0.15, -0.1) is 11.8 Å². The molecule has 0 saturated heterocycles. The van der Waals surface area contributed by atoms with Crippen LogP contribution in [0.25, 0.3) is 0 Å². The Morgan fingerprint density at radius 2 is 1.76 bits per heavy atom. The highest BCUT2D eigenvalue weighted by molar-refractivity contribution is 7.98. The first-order valence-electron chi connectivity index (χ1n) is 7.29. The van der Waals surface area contributed by atoms with E-state index in [1.165, 1.54) is 10.5 Å². The first-order chi connectivity index (χ1) is 10.2. The van der Waals surface area contributed by atoms with Gasteiger partial charge in [0.15, 0.2) is 0 Å². The summed E-state index contributed by atoms with van der Waals surface area (Å²) in [4.78, 5) is 1.24. The van der Waals surface area contributed by atoms with Gasteiger partial charge in [0, 0.05) is 4.90 Å². The molecule has 0 spiro atoms. The fourth-order valence-corrected chi connectivity index (χ4v) is 2.71. The molecule has 1 unspecified atom stereocenters. The molecule has 2 rings (SSSR count). The maximum absolute atomic E-state index is 13.9. The van der Waals surface area contributed by atoms with E-state index < -0.39 is 0 Å².